The molecule has 19 heavy (non-hydrogen) atoms. The molecular weight excluding hydrogens is 279 g/mol. The highest BCUT2D eigenvalue weighted by molar-refractivity contribution is 6.31. The molecule has 0 spiro atoms. The number of benzene rings is 1. The minimum absolute atomic E-state index is 0.0258. The SMILES string of the molecule is NC(=O)CC(NC(=O)c1ccc(F)c(Cl)c1)C(=O)O. The molecule has 0 aliphatic rings. The Bertz CT molecular complexity index is 535. The summed E-state index contributed by atoms with van der Waals surface area (Å²) in [5, 5.41) is 10.6. The first-order chi connectivity index (χ1) is 8.81. The van der Waals surface area contributed by atoms with Crippen LogP contribution in [-0.4, -0.2) is 28.9 Å². The zero-order valence-corrected chi connectivity index (χ0v) is 10.3. The van der Waals surface area contributed by atoms with Gasteiger partial charge in [0.2, 0.25) is 5.91 Å². The van der Waals surface area contributed by atoms with E-state index in [1.165, 1.54) is 0 Å². The van der Waals surface area contributed by atoms with E-state index in [-0.39, 0.29) is 10.6 Å². The van der Waals surface area contributed by atoms with Gasteiger partial charge in [0, 0.05) is 5.56 Å². The lowest BCUT2D eigenvalue weighted by Gasteiger charge is -2.12. The smallest absolute Gasteiger partial charge is 0.326 e. The van der Waals surface area contributed by atoms with Gasteiger partial charge in [-0.15, -0.1) is 0 Å². The van der Waals surface area contributed by atoms with Crippen LogP contribution >= 0.6 is 11.6 Å². The number of carboxylic acid groups (broad SMARTS) is 1. The molecule has 8 heteroatoms. The highest BCUT2D eigenvalue weighted by Gasteiger charge is 2.23. The fourth-order valence-corrected chi connectivity index (χ4v) is 1.46. The highest BCUT2D eigenvalue weighted by Crippen LogP contribution is 2.16. The summed E-state index contributed by atoms with van der Waals surface area (Å²) in [7, 11) is 0. The molecule has 0 radical (unpaired) electrons. The average molecular weight is 289 g/mol. The summed E-state index contributed by atoms with van der Waals surface area (Å²) in [6.45, 7) is 0. The van der Waals surface area contributed by atoms with Crippen molar-refractivity contribution in [1.82, 2.24) is 5.32 Å². The topological polar surface area (TPSA) is 109 Å². The van der Waals surface area contributed by atoms with Crippen molar-refractivity contribution in [3.63, 3.8) is 0 Å². The number of hydrogen-bond acceptors (Lipinski definition) is 3. The van der Waals surface area contributed by atoms with Crippen LogP contribution in [0.5, 0.6) is 0 Å². The number of rotatable bonds is 5. The summed E-state index contributed by atoms with van der Waals surface area (Å²) in [6, 6.07) is 1.71. The summed E-state index contributed by atoms with van der Waals surface area (Å²) in [6.07, 6.45) is -0.546. The number of carbonyl (C=O) groups is 3. The second-order valence-corrected chi connectivity index (χ2v) is 4.07. The minimum atomic E-state index is -1.45. The Morgan fingerprint density at radius 3 is 2.53 bits per heavy atom. The maximum atomic E-state index is 12.9. The summed E-state index contributed by atoms with van der Waals surface area (Å²) in [5.74, 6) is -3.77. The molecule has 1 atom stereocenters. The van der Waals surface area contributed by atoms with Gasteiger partial charge in [-0.2, -0.15) is 0 Å². The van der Waals surface area contributed by atoms with Gasteiger partial charge in [0.1, 0.15) is 11.9 Å². The molecule has 2 amide bonds. The third kappa shape index (κ3) is 4.22. The summed E-state index contributed by atoms with van der Waals surface area (Å²) in [4.78, 5) is 33.2. The van der Waals surface area contributed by atoms with E-state index < -0.39 is 36.1 Å². The van der Waals surface area contributed by atoms with Crippen LogP contribution in [0.1, 0.15) is 16.8 Å². The van der Waals surface area contributed by atoms with Crippen molar-refractivity contribution in [2.75, 3.05) is 0 Å². The van der Waals surface area contributed by atoms with E-state index in [1.807, 2.05) is 0 Å². The van der Waals surface area contributed by atoms with Gasteiger partial charge < -0.3 is 16.2 Å². The van der Waals surface area contributed by atoms with Gasteiger partial charge in [-0.05, 0) is 18.2 Å². The zero-order chi connectivity index (χ0) is 14.6. The normalized spacial score (nSPS) is 11.7. The van der Waals surface area contributed by atoms with Gasteiger partial charge in [-0.1, -0.05) is 11.6 Å². The van der Waals surface area contributed by atoms with Crippen molar-refractivity contribution in [1.29, 1.82) is 0 Å². The maximum Gasteiger partial charge on any atom is 0.326 e. The van der Waals surface area contributed by atoms with Gasteiger partial charge in [0.25, 0.3) is 5.91 Å². The van der Waals surface area contributed by atoms with Gasteiger partial charge in [-0.25, -0.2) is 9.18 Å². The number of carboxylic acids is 1. The van der Waals surface area contributed by atoms with Gasteiger partial charge in [-0.3, -0.25) is 9.59 Å². The average Bonchev–Trinajstić information content (AvgIpc) is 2.31. The van der Waals surface area contributed by atoms with E-state index in [2.05, 4.69) is 5.32 Å². The number of carbonyl (C=O) groups excluding carboxylic acids is 2. The number of hydrogen-bond donors (Lipinski definition) is 3. The Balaban J connectivity index is 2.84. The predicted octanol–water partition coefficient (Wildman–Crippen LogP) is 0.538. The number of nitrogens with two attached hydrogens (primary N) is 1. The van der Waals surface area contributed by atoms with Crippen LogP contribution in [0.15, 0.2) is 18.2 Å². The molecule has 0 aromatic heterocycles. The van der Waals surface area contributed by atoms with E-state index in [0.717, 1.165) is 18.2 Å². The Kier molecular flexibility index (Phi) is 4.82. The first-order valence-corrected chi connectivity index (χ1v) is 5.46. The molecule has 1 unspecified atom stereocenters. The van der Waals surface area contributed by atoms with Crippen molar-refractivity contribution in [3.8, 4) is 0 Å². The third-order valence-corrected chi connectivity index (χ3v) is 2.48. The molecular formula is C11H10ClFN2O4. The fourth-order valence-electron chi connectivity index (χ4n) is 1.28. The van der Waals surface area contributed by atoms with E-state index in [9.17, 15) is 18.8 Å². The number of aliphatic carboxylic acids is 1. The molecule has 102 valence electrons. The van der Waals surface area contributed by atoms with E-state index in [1.54, 1.807) is 0 Å². The molecule has 0 bridgehead atoms. The molecule has 4 N–H and O–H groups in total. The van der Waals surface area contributed by atoms with Crippen LogP contribution in [0.3, 0.4) is 0 Å². The quantitative estimate of drug-likeness (QED) is 0.734. The molecule has 1 aromatic rings. The second-order valence-electron chi connectivity index (χ2n) is 3.66. The Labute approximate surface area is 112 Å². The summed E-state index contributed by atoms with van der Waals surface area (Å²) >= 11 is 5.50. The Morgan fingerprint density at radius 1 is 1.42 bits per heavy atom. The highest BCUT2D eigenvalue weighted by atomic mass is 35.5. The van der Waals surface area contributed by atoms with E-state index in [0.29, 0.717) is 0 Å². The van der Waals surface area contributed by atoms with Gasteiger partial charge in [0.05, 0.1) is 11.4 Å². The van der Waals surface area contributed by atoms with Crippen LogP contribution < -0.4 is 11.1 Å². The number of amides is 2. The molecule has 6 nitrogen and oxygen atoms in total. The van der Waals surface area contributed by atoms with E-state index >= 15 is 0 Å². The van der Waals surface area contributed by atoms with Crippen LogP contribution in [0.2, 0.25) is 5.02 Å². The van der Waals surface area contributed by atoms with Gasteiger partial charge >= 0.3 is 5.97 Å². The number of nitrogens with one attached hydrogen (secondary N) is 1. The largest absolute Gasteiger partial charge is 0.480 e. The first kappa shape index (κ1) is 14.9. The third-order valence-electron chi connectivity index (χ3n) is 2.19. The Hall–Kier alpha value is -2.15. The lowest BCUT2D eigenvalue weighted by Crippen LogP contribution is -2.43. The predicted molar refractivity (Wildman–Crippen MR) is 64.1 cm³/mol. The van der Waals surface area contributed by atoms with Crippen molar-refractivity contribution >= 4 is 29.4 Å². The number of primary amides is 1. The van der Waals surface area contributed by atoms with Crippen molar-refractivity contribution in [2.24, 2.45) is 5.73 Å². The van der Waals surface area contributed by atoms with Crippen molar-refractivity contribution in [2.45, 2.75) is 12.5 Å². The van der Waals surface area contributed by atoms with Crippen LogP contribution in [-0.2, 0) is 9.59 Å². The lowest BCUT2D eigenvalue weighted by molar-refractivity contribution is -0.140. The molecule has 1 aromatic carbocycles. The standard InChI is InChI=1S/C11H10ClFN2O4/c12-6-3-5(1-2-7(6)13)10(17)15-8(11(18)19)4-9(14)16/h1-3,8H,4H2,(H2,14,16)(H,15,17)(H,18,19). The molecule has 0 saturated heterocycles. The van der Waals surface area contributed by atoms with Crippen LogP contribution in [0, 0.1) is 5.82 Å². The minimum Gasteiger partial charge on any atom is -0.480 e. The molecule has 1 rings (SSSR count). The zero-order valence-electron chi connectivity index (χ0n) is 9.52. The van der Waals surface area contributed by atoms with E-state index in [4.69, 9.17) is 22.4 Å². The van der Waals surface area contributed by atoms with Gasteiger partial charge in [0.15, 0.2) is 0 Å². The monoisotopic (exact) mass is 288 g/mol. The Morgan fingerprint density at radius 2 is 2.05 bits per heavy atom. The van der Waals surface area contributed by atoms with Crippen molar-refractivity contribution < 1.29 is 23.9 Å². The molecule has 0 saturated carbocycles. The fraction of sp³-hybridized carbons (Fsp3) is 0.182. The molecule has 0 fully saturated rings. The number of halogens is 2. The molecule has 0 aliphatic carbocycles. The summed E-state index contributed by atoms with van der Waals surface area (Å²) in [5.41, 5.74) is 4.84. The van der Waals surface area contributed by atoms with Crippen molar-refractivity contribution in [3.05, 3.63) is 34.6 Å². The van der Waals surface area contributed by atoms with Crippen LogP contribution in [0.25, 0.3) is 0 Å². The summed E-state index contributed by atoms with van der Waals surface area (Å²) < 4.78 is 12.9. The molecule has 0 aliphatic heterocycles. The maximum absolute atomic E-state index is 12.9. The first-order valence-electron chi connectivity index (χ1n) is 5.08. The lowest BCUT2D eigenvalue weighted by atomic mass is 10.1. The molecule has 0 heterocycles. The van der Waals surface area contributed by atoms with Crippen LogP contribution in [0.4, 0.5) is 4.39 Å². The second kappa shape index (κ2) is 6.14.